The number of morpholine rings is 1. The first-order chi connectivity index (χ1) is 17.3. The third kappa shape index (κ3) is 5.11. The zero-order chi connectivity index (χ0) is 25.3. The SMILES string of the molecule is NC(=O)C1CCN(c2ccc(NC(=O)[C@H]3C[C@H]3c3ccccc3)cc2S(=O)(=O)N2CCOCC2)CC1. The van der Waals surface area contributed by atoms with Crippen LogP contribution in [-0.4, -0.2) is 63.9 Å². The highest BCUT2D eigenvalue weighted by Gasteiger charge is 2.44. The van der Waals surface area contributed by atoms with Crippen molar-refractivity contribution < 1.29 is 22.7 Å². The summed E-state index contributed by atoms with van der Waals surface area (Å²) in [4.78, 5) is 26.7. The summed E-state index contributed by atoms with van der Waals surface area (Å²) in [5, 5.41) is 2.94. The number of sulfonamides is 1. The number of nitrogens with one attached hydrogen (secondary N) is 1. The van der Waals surface area contributed by atoms with Gasteiger partial charge in [0.1, 0.15) is 4.90 Å². The summed E-state index contributed by atoms with van der Waals surface area (Å²) < 4.78 is 34.2. The Morgan fingerprint density at radius 1 is 0.972 bits per heavy atom. The van der Waals surface area contributed by atoms with Crippen molar-refractivity contribution in [3.63, 3.8) is 0 Å². The molecule has 3 aliphatic rings. The molecule has 36 heavy (non-hydrogen) atoms. The van der Waals surface area contributed by atoms with Crippen LogP contribution >= 0.6 is 0 Å². The van der Waals surface area contributed by atoms with E-state index in [0.29, 0.717) is 50.5 Å². The molecule has 0 radical (unpaired) electrons. The van der Waals surface area contributed by atoms with Crippen LogP contribution in [0.2, 0.25) is 0 Å². The van der Waals surface area contributed by atoms with Gasteiger partial charge in [-0.15, -0.1) is 0 Å². The molecule has 2 heterocycles. The predicted molar refractivity (Wildman–Crippen MR) is 136 cm³/mol. The highest BCUT2D eigenvalue weighted by molar-refractivity contribution is 7.89. The van der Waals surface area contributed by atoms with E-state index in [4.69, 9.17) is 10.5 Å². The maximum absolute atomic E-state index is 13.7. The topological polar surface area (TPSA) is 122 Å². The Morgan fingerprint density at radius 3 is 2.33 bits per heavy atom. The lowest BCUT2D eigenvalue weighted by molar-refractivity contribution is -0.122. The number of benzene rings is 2. The van der Waals surface area contributed by atoms with Gasteiger partial charge in [0.05, 0.1) is 18.9 Å². The monoisotopic (exact) mass is 512 g/mol. The first-order valence-electron chi connectivity index (χ1n) is 12.5. The van der Waals surface area contributed by atoms with Crippen molar-refractivity contribution in [2.24, 2.45) is 17.6 Å². The largest absolute Gasteiger partial charge is 0.379 e. The fourth-order valence-electron chi connectivity index (χ4n) is 5.18. The first kappa shape index (κ1) is 24.7. The number of anilines is 2. The van der Waals surface area contributed by atoms with Crippen LogP contribution in [0.4, 0.5) is 11.4 Å². The molecule has 3 fully saturated rings. The smallest absolute Gasteiger partial charge is 0.245 e. The summed E-state index contributed by atoms with van der Waals surface area (Å²) in [7, 11) is -3.82. The number of carbonyl (C=O) groups is 2. The number of nitrogens with zero attached hydrogens (tertiary/aromatic N) is 2. The molecule has 2 aromatic rings. The van der Waals surface area contributed by atoms with Gasteiger partial charge < -0.3 is 20.7 Å². The van der Waals surface area contributed by atoms with Crippen molar-refractivity contribution in [3.8, 4) is 0 Å². The summed E-state index contributed by atoms with van der Waals surface area (Å²) in [5.41, 5.74) is 7.66. The molecule has 0 unspecified atom stereocenters. The summed E-state index contributed by atoms with van der Waals surface area (Å²) in [6.07, 6.45) is 1.93. The average Bonchev–Trinajstić information content (AvgIpc) is 3.71. The predicted octanol–water partition coefficient (Wildman–Crippen LogP) is 2.15. The third-order valence-electron chi connectivity index (χ3n) is 7.41. The second kappa shape index (κ2) is 10.2. The average molecular weight is 513 g/mol. The minimum Gasteiger partial charge on any atom is -0.379 e. The minimum absolute atomic E-state index is 0.103. The molecule has 192 valence electrons. The van der Waals surface area contributed by atoms with Crippen LogP contribution < -0.4 is 16.0 Å². The van der Waals surface area contributed by atoms with Crippen LogP contribution in [0.15, 0.2) is 53.4 Å². The van der Waals surface area contributed by atoms with Gasteiger partial charge in [0.2, 0.25) is 21.8 Å². The van der Waals surface area contributed by atoms with Crippen LogP contribution in [0.25, 0.3) is 0 Å². The molecular weight excluding hydrogens is 480 g/mol. The van der Waals surface area contributed by atoms with Crippen LogP contribution in [-0.2, 0) is 24.3 Å². The Labute approximate surface area is 211 Å². The van der Waals surface area contributed by atoms with E-state index < -0.39 is 10.0 Å². The van der Waals surface area contributed by atoms with Crippen molar-refractivity contribution in [2.75, 3.05) is 49.6 Å². The second-order valence-corrected chi connectivity index (χ2v) is 11.6. The summed E-state index contributed by atoms with van der Waals surface area (Å²) in [6.45, 7) is 2.32. The highest BCUT2D eigenvalue weighted by atomic mass is 32.2. The zero-order valence-corrected chi connectivity index (χ0v) is 21.0. The minimum atomic E-state index is -3.82. The molecule has 1 saturated carbocycles. The van der Waals surface area contributed by atoms with Crippen molar-refractivity contribution in [3.05, 3.63) is 54.1 Å². The van der Waals surface area contributed by atoms with Crippen LogP contribution in [0.3, 0.4) is 0 Å². The van der Waals surface area contributed by atoms with Gasteiger partial charge in [-0.3, -0.25) is 9.59 Å². The summed E-state index contributed by atoms with van der Waals surface area (Å²) in [6, 6.07) is 15.0. The number of carbonyl (C=O) groups excluding carboxylic acids is 2. The fourth-order valence-corrected chi connectivity index (χ4v) is 6.82. The number of nitrogens with two attached hydrogens (primary N) is 1. The Morgan fingerprint density at radius 2 is 1.67 bits per heavy atom. The number of ether oxygens (including phenoxy) is 1. The van der Waals surface area contributed by atoms with Crippen molar-refractivity contribution in [1.82, 2.24) is 4.31 Å². The normalized spacial score (nSPS) is 23.3. The number of primary amides is 1. The lowest BCUT2D eigenvalue weighted by Gasteiger charge is -2.35. The molecule has 2 aliphatic heterocycles. The van der Waals surface area contributed by atoms with Crippen molar-refractivity contribution in [1.29, 1.82) is 0 Å². The van der Waals surface area contributed by atoms with Crippen molar-refractivity contribution in [2.45, 2.75) is 30.1 Å². The van der Waals surface area contributed by atoms with Gasteiger partial charge in [-0.1, -0.05) is 30.3 Å². The molecule has 9 nitrogen and oxygen atoms in total. The molecule has 2 amide bonds. The summed E-state index contributed by atoms with van der Waals surface area (Å²) in [5.74, 6) is -0.556. The van der Waals surface area contributed by atoms with Gasteiger partial charge in [-0.25, -0.2) is 8.42 Å². The second-order valence-electron chi connectivity index (χ2n) is 9.71. The molecule has 2 saturated heterocycles. The lowest BCUT2D eigenvalue weighted by Crippen LogP contribution is -2.42. The number of piperidine rings is 1. The molecular formula is C26H32N4O5S. The Bertz CT molecular complexity index is 1220. The summed E-state index contributed by atoms with van der Waals surface area (Å²) >= 11 is 0. The van der Waals surface area contributed by atoms with E-state index in [1.807, 2.05) is 35.2 Å². The number of rotatable bonds is 7. The first-order valence-corrected chi connectivity index (χ1v) is 13.9. The van der Waals surface area contributed by atoms with Crippen molar-refractivity contribution >= 4 is 33.2 Å². The van der Waals surface area contributed by atoms with Gasteiger partial charge in [0, 0.05) is 43.7 Å². The Kier molecular flexibility index (Phi) is 7.00. The van der Waals surface area contributed by atoms with E-state index in [2.05, 4.69) is 5.32 Å². The van der Waals surface area contributed by atoms with Gasteiger partial charge >= 0.3 is 0 Å². The van der Waals surface area contributed by atoms with E-state index in [9.17, 15) is 18.0 Å². The van der Waals surface area contributed by atoms with E-state index in [0.717, 1.165) is 12.0 Å². The number of amides is 2. The molecule has 10 heteroatoms. The maximum atomic E-state index is 13.7. The zero-order valence-electron chi connectivity index (χ0n) is 20.1. The van der Waals surface area contributed by atoms with Crippen LogP contribution in [0, 0.1) is 11.8 Å². The molecule has 0 bridgehead atoms. The third-order valence-corrected chi connectivity index (χ3v) is 9.34. The van der Waals surface area contributed by atoms with Gasteiger partial charge in [-0.05, 0) is 48.9 Å². The fraction of sp³-hybridized carbons (Fsp3) is 0.462. The molecule has 1 aliphatic carbocycles. The molecule has 2 aromatic carbocycles. The van der Waals surface area contributed by atoms with Crippen LogP contribution in [0.1, 0.15) is 30.7 Å². The highest BCUT2D eigenvalue weighted by Crippen LogP contribution is 2.48. The number of hydrogen-bond acceptors (Lipinski definition) is 6. The Hall–Kier alpha value is -2.95. The molecule has 0 spiro atoms. The molecule has 2 atom stereocenters. The molecule has 0 aromatic heterocycles. The van der Waals surface area contributed by atoms with Gasteiger partial charge in [-0.2, -0.15) is 4.31 Å². The number of hydrogen-bond donors (Lipinski definition) is 2. The van der Waals surface area contributed by atoms with E-state index in [1.54, 1.807) is 18.2 Å². The molecule has 3 N–H and O–H groups in total. The standard InChI is InChI=1S/C26H32N4O5S/c27-25(31)19-8-10-29(11-9-19)23-7-6-20(16-24(23)36(33,34)30-12-14-35-15-13-30)28-26(32)22-17-21(22)18-4-2-1-3-5-18/h1-7,16,19,21-22H,8-15,17H2,(H2,27,31)(H,28,32)/t21-,22-/m0/s1. The van der Waals surface area contributed by atoms with Gasteiger partial charge in [0.15, 0.2) is 0 Å². The van der Waals surface area contributed by atoms with E-state index >= 15 is 0 Å². The maximum Gasteiger partial charge on any atom is 0.245 e. The van der Waals surface area contributed by atoms with E-state index in [-0.39, 0.29) is 47.6 Å². The molecule has 5 rings (SSSR count). The Balaban J connectivity index is 1.39. The quantitative estimate of drug-likeness (QED) is 0.586. The lowest BCUT2D eigenvalue weighted by atomic mass is 9.96. The van der Waals surface area contributed by atoms with Gasteiger partial charge in [0.25, 0.3) is 0 Å². The van der Waals surface area contributed by atoms with E-state index in [1.165, 1.54) is 4.31 Å². The van der Waals surface area contributed by atoms with Crippen LogP contribution in [0.5, 0.6) is 0 Å².